The highest BCUT2D eigenvalue weighted by atomic mass is 79.9. The van der Waals surface area contributed by atoms with E-state index in [-0.39, 0.29) is 5.91 Å². The summed E-state index contributed by atoms with van der Waals surface area (Å²) < 4.78 is 5.64. The molecule has 1 saturated heterocycles. The fourth-order valence-electron chi connectivity index (χ4n) is 2.37. The number of ether oxygens (including phenoxy) is 1. The molecule has 0 spiro atoms. The van der Waals surface area contributed by atoms with Gasteiger partial charge in [0.1, 0.15) is 5.75 Å². The largest absolute Gasteiger partial charge is 0.493 e. The summed E-state index contributed by atoms with van der Waals surface area (Å²) >= 11 is 3.65. The zero-order valence-electron chi connectivity index (χ0n) is 12.1. The van der Waals surface area contributed by atoms with Crippen molar-refractivity contribution in [2.45, 2.75) is 31.5 Å². The molecule has 1 amide bonds. The molecule has 1 aromatic rings. The lowest BCUT2D eigenvalue weighted by molar-refractivity contribution is -0.132. The SMILES string of the molecule is Cc1cccc(OCCC(=O)N2CCC(C)C(Br)C2)c1. The molecule has 2 unspecified atom stereocenters. The molecule has 0 aliphatic carbocycles. The van der Waals surface area contributed by atoms with Gasteiger partial charge in [0.25, 0.3) is 0 Å². The van der Waals surface area contributed by atoms with Crippen molar-refractivity contribution < 1.29 is 9.53 Å². The summed E-state index contributed by atoms with van der Waals surface area (Å²) in [6.07, 6.45) is 1.52. The summed E-state index contributed by atoms with van der Waals surface area (Å²) in [6.45, 7) is 6.38. The molecule has 1 aliphatic heterocycles. The fourth-order valence-corrected chi connectivity index (χ4v) is 2.98. The van der Waals surface area contributed by atoms with Gasteiger partial charge in [-0.25, -0.2) is 0 Å². The Labute approximate surface area is 129 Å². The number of amides is 1. The maximum atomic E-state index is 12.1. The number of rotatable bonds is 4. The Morgan fingerprint density at radius 1 is 1.50 bits per heavy atom. The van der Waals surface area contributed by atoms with Gasteiger partial charge in [-0.05, 0) is 37.0 Å². The average molecular weight is 340 g/mol. The van der Waals surface area contributed by atoms with Crippen LogP contribution in [0.3, 0.4) is 0 Å². The van der Waals surface area contributed by atoms with Crippen LogP contribution in [-0.2, 0) is 4.79 Å². The predicted molar refractivity (Wildman–Crippen MR) is 84.4 cm³/mol. The lowest BCUT2D eigenvalue weighted by Crippen LogP contribution is -2.43. The third-order valence-electron chi connectivity index (χ3n) is 3.79. The molecule has 0 radical (unpaired) electrons. The van der Waals surface area contributed by atoms with Crippen LogP contribution in [0.1, 0.15) is 25.3 Å². The van der Waals surface area contributed by atoms with E-state index >= 15 is 0 Å². The zero-order valence-corrected chi connectivity index (χ0v) is 13.7. The highest BCUT2D eigenvalue weighted by Crippen LogP contribution is 2.23. The van der Waals surface area contributed by atoms with Crippen molar-refractivity contribution in [3.05, 3.63) is 29.8 Å². The second-order valence-electron chi connectivity index (χ2n) is 5.54. The summed E-state index contributed by atoms with van der Waals surface area (Å²) in [7, 11) is 0. The molecule has 2 atom stereocenters. The third kappa shape index (κ3) is 4.23. The number of piperidine rings is 1. The van der Waals surface area contributed by atoms with Gasteiger partial charge in [0.05, 0.1) is 13.0 Å². The number of hydrogen-bond acceptors (Lipinski definition) is 2. The van der Waals surface area contributed by atoms with Gasteiger partial charge in [-0.15, -0.1) is 0 Å². The molecule has 2 rings (SSSR count). The fraction of sp³-hybridized carbons (Fsp3) is 0.562. The van der Waals surface area contributed by atoms with Crippen molar-refractivity contribution in [1.29, 1.82) is 0 Å². The van der Waals surface area contributed by atoms with Gasteiger partial charge < -0.3 is 9.64 Å². The highest BCUT2D eigenvalue weighted by Gasteiger charge is 2.26. The quantitative estimate of drug-likeness (QED) is 0.787. The number of alkyl halides is 1. The monoisotopic (exact) mass is 339 g/mol. The summed E-state index contributed by atoms with van der Waals surface area (Å²) in [6, 6.07) is 7.91. The summed E-state index contributed by atoms with van der Waals surface area (Å²) in [5.74, 6) is 1.67. The van der Waals surface area contributed by atoms with Crippen molar-refractivity contribution in [2.24, 2.45) is 5.92 Å². The Kier molecular flexibility index (Phi) is 5.46. The molecular weight excluding hydrogens is 318 g/mol. The number of carbonyl (C=O) groups is 1. The minimum absolute atomic E-state index is 0.189. The van der Waals surface area contributed by atoms with Gasteiger partial charge >= 0.3 is 0 Å². The molecule has 0 bridgehead atoms. The van der Waals surface area contributed by atoms with Crippen LogP contribution in [0.4, 0.5) is 0 Å². The topological polar surface area (TPSA) is 29.5 Å². The molecule has 1 fully saturated rings. The van der Waals surface area contributed by atoms with Crippen LogP contribution in [-0.4, -0.2) is 35.3 Å². The number of benzene rings is 1. The van der Waals surface area contributed by atoms with Crippen molar-refractivity contribution >= 4 is 21.8 Å². The number of halogens is 1. The van der Waals surface area contributed by atoms with E-state index in [9.17, 15) is 4.79 Å². The highest BCUT2D eigenvalue weighted by molar-refractivity contribution is 9.09. The molecule has 1 heterocycles. The Morgan fingerprint density at radius 2 is 2.30 bits per heavy atom. The van der Waals surface area contributed by atoms with Gasteiger partial charge in [0.2, 0.25) is 5.91 Å². The number of likely N-dealkylation sites (tertiary alicyclic amines) is 1. The van der Waals surface area contributed by atoms with E-state index in [4.69, 9.17) is 4.74 Å². The first-order valence-corrected chi connectivity index (χ1v) is 8.09. The number of nitrogens with zero attached hydrogens (tertiary/aromatic N) is 1. The first-order valence-electron chi connectivity index (χ1n) is 7.17. The van der Waals surface area contributed by atoms with Crippen molar-refractivity contribution in [2.75, 3.05) is 19.7 Å². The normalized spacial score (nSPS) is 22.6. The van der Waals surface area contributed by atoms with E-state index in [1.807, 2.05) is 36.1 Å². The average Bonchev–Trinajstić information content (AvgIpc) is 2.42. The Bertz CT molecular complexity index is 464. The minimum atomic E-state index is 0.189. The molecule has 0 saturated carbocycles. The van der Waals surface area contributed by atoms with Gasteiger partial charge in [-0.1, -0.05) is 35.0 Å². The van der Waals surface area contributed by atoms with Gasteiger partial charge in [-0.3, -0.25) is 4.79 Å². The van der Waals surface area contributed by atoms with Gasteiger partial charge in [0.15, 0.2) is 0 Å². The van der Waals surface area contributed by atoms with Crippen LogP contribution >= 0.6 is 15.9 Å². The maximum absolute atomic E-state index is 12.1. The molecule has 3 nitrogen and oxygen atoms in total. The number of carbonyl (C=O) groups excluding carboxylic acids is 1. The molecule has 20 heavy (non-hydrogen) atoms. The predicted octanol–water partition coefficient (Wildman–Crippen LogP) is 3.40. The molecule has 1 aliphatic rings. The second kappa shape index (κ2) is 7.11. The van der Waals surface area contributed by atoms with Crippen molar-refractivity contribution in [3.8, 4) is 5.75 Å². The van der Waals surface area contributed by atoms with Crippen LogP contribution in [0.25, 0.3) is 0 Å². The molecule has 1 aromatic carbocycles. The van der Waals surface area contributed by atoms with Crippen LogP contribution in [0.15, 0.2) is 24.3 Å². The van der Waals surface area contributed by atoms with E-state index < -0.39 is 0 Å². The lowest BCUT2D eigenvalue weighted by atomic mass is 9.99. The molecule has 4 heteroatoms. The Morgan fingerprint density at radius 3 is 3.00 bits per heavy atom. The summed E-state index contributed by atoms with van der Waals surface area (Å²) in [5, 5.41) is 0. The van der Waals surface area contributed by atoms with Crippen molar-refractivity contribution in [3.63, 3.8) is 0 Å². The van der Waals surface area contributed by atoms with E-state index in [0.29, 0.717) is 23.8 Å². The first-order chi connectivity index (χ1) is 9.56. The van der Waals surface area contributed by atoms with Crippen LogP contribution < -0.4 is 4.74 Å². The van der Waals surface area contributed by atoms with Crippen molar-refractivity contribution in [1.82, 2.24) is 4.90 Å². The molecule has 110 valence electrons. The molecule has 0 N–H and O–H groups in total. The van der Waals surface area contributed by atoms with Crippen LogP contribution in [0.5, 0.6) is 5.75 Å². The summed E-state index contributed by atoms with van der Waals surface area (Å²) in [5.41, 5.74) is 1.17. The Hall–Kier alpha value is -1.03. The van der Waals surface area contributed by atoms with Gasteiger partial charge in [-0.2, -0.15) is 0 Å². The van der Waals surface area contributed by atoms with E-state index in [1.165, 1.54) is 5.56 Å². The molecular formula is C16H22BrNO2. The number of hydrogen-bond donors (Lipinski definition) is 0. The molecule has 0 aromatic heterocycles. The van der Waals surface area contributed by atoms with Crippen LogP contribution in [0.2, 0.25) is 0 Å². The standard InChI is InChI=1S/C16H22BrNO2/c1-12-4-3-5-14(10-12)20-9-7-16(19)18-8-6-13(2)15(17)11-18/h3-5,10,13,15H,6-9,11H2,1-2H3. The number of aryl methyl sites for hydroxylation is 1. The minimum Gasteiger partial charge on any atom is -0.493 e. The third-order valence-corrected chi connectivity index (χ3v) is 4.99. The van der Waals surface area contributed by atoms with E-state index in [2.05, 4.69) is 22.9 Å². The zero-order chi connectivity index (χ0) is 14.5. The Balaban J connectivity index is 1.75. The summed E-state index contributed by atoms with van der Waals surface area (Å²) in [4.78, 5) is 14.5. The maximum Gasteiger partial charge on any atom is 0.226 e. The van der Waals surface area contributed by atoms with E-state index in [0.717, 1.165) is 25.3 Å². The van der Waals surface area contributed by atoms with Gasteiger partial charge in [0, 0.05) is 17.9 Å². The lowest BCUT2D eigenvalue weighted by Gasteiger charge is -2.34. The van der Waals surface area contributed by atoms with Crippen LogP contribution in [0, 0.1) is 12.8 Å². The first kappa shape index (κ1) is 15.4. The van der Waals surface area contributed by atoms with E-state index in [1.54, 1.807) is 0 Å². The smallest absolute Gasteiger partial charge is 0.226 e. The second-order valence-corrected chi connectivity index (χ2v) is 6.71.